The summed E-state index contributed by atoms with van der Waals surface area (Å²) in [5, 5.41) is 31.8. The Balaban J connectivity index is 0.000000222. The Labute approximate surface area is 792 Å². The molecule has 0 saturated heterocycles. The molecule has 5 aliphatic rings. The summed E-state index contributed by atoms with van der Waals surface area (Å²) in [5.74, 6) is -1.82. The Morgan fingerprint density at radius 3 is 1.02 bits per heavy atom. The fourth-order valence-electron chi connectivity index (χ4n) is 18.1. The first kappa shape index (κ1) is 105. The summed E-state index contributed by atoms with van der Waals surface area (Å²) < 4.78 is 23.0. The van der Waals surface area contributed by atoms with Crippen molar-refractivity contribution < 1.29 is 87.8 Å². The molecule has 18 nitrogen and oxygen atoms in total. The third-order valence-electron chi connectivity index (χ3n) is 24.4. The van der Waals surface area contributed by atoms with Gasteiger partial charge in [-0.1, -0.05) is 245 Å². The number of rotatable bonds is 27. The van der Waals surface area contributed by atoms with Crippen LogP contribution in [0.4, 0.5) is 0 Å². The molecule has 9 aromatic rings. The van der Waals surface area contributed by atoms with Crippen LogP contribution in [0.3, 0.4) is 0 Å². The molecular formula is C108H129BIN4O14Pd-. The quantitative estimate of drug-likeness (QED) is 0.0121. The molecule has 14 rings (SSSR count). The van der Waals surface area contributed by atoms with Crippen molar-refractivity contribution in [1.82, 2.24) is 21.3 Å². The van der Waals surface area contributed by atoms with E-state index >= 15 is 0 Å². The zero-order valence-corrected chi connectivity index (χ0v) is 80.5. The second kappa shape index (κ2) is 48.6. The molecule has 21 heteroatoms. The molecular weight excluding hydrogens is 1820 g/mol. The van der Waals surface area contributed by atoms with Crippen LogP contribution in [0.1, 0.15) is 265 Å². The van der Waals surface area contributed by atoms with Crippen LogP contribution < -0.4 is 30.6 Å². The number of carboxylic acids is 2. The number of allylic oxidation sites excluding steroid dienone is 6. The second-order valence-electron chi connectivity index (χ2n) is 33.1. The molecule has 6 N–H and O–H groups in total. The summed E-state index contributed by atoms with van der Waals surface area (Å²) in [6.07, 6.45) is 18.0. The molecule has 9 aromatic carbocycles. The fourth-order valence-corrected chi connectivity index (χ4v) is 18.7. The van der Waals surface area contributed by atoms with Gasteiger partial charge in [0.1, 0.15) is 33.7 Å². The Hall–Kier alpha value is -11.0. The maximum Gasteiger partial charge on any atom is 0.628 e. The number of aryl methyl sites for hydroxylation is 4. The van der Waals surface area contributed by atoms with Gasteiger partial charge in [-0.05, 0) is 258 Å². The van der Waals surface area contributed by atoms with Crippen LogP contribution >= 0.6 is 22.6 Å². The Bertz CT molecular complexity index is 5430. The first-order valence-corrected chi connectivity index (χ1v) is 45.6. The SMILES string of the molecule is C.CC/C=C(/CC)B1Oc2ccccc2O1.CC/C=C(/CC)c1c(C)cccc1C(=O)NC1(C(=O)O)Cc2ccccc2C1.CC/C=C(/CC)c1c(C)cccc1C(=O)NC1(C(=O)OCC)Cc2ccccc2C1.CCCC(CC)c1c(C)cccc1C(=O)NC1(C(=O)O)Cc2ccccc2C1.CCOC(=O)C1(NC(=O)c2cccc(C)c2I)Cc2ccccc2C1.[CH3-].[Pd]. The van der Waals surface area contributed by atoms with Crippen LogP contribution in [0.15, 0.2) is 218 Å². The topological polar surface area (TPSA) is 262 Å². The predicted octanol–water partition coefficient (Wildman–Crippen LogP) is 22.0. The van der Waals surface area contributed by atoms with E-state index in [1.165, 1.54) is 5.47 Å². The summed E-state index contributed by atoms with van der Waals surface area (Å²) in [6, 6.07) is 61.8. The minimum atomic E-state index is -1.30. The zero-order chi connectivity index (χ0) is 91.0. The summed E-state index contributed by atoms with van der Waals surface area (Å²) >= 11 is 2.17. The number of hydrogen-bond donors (Lipinski definition) is 6. The van der Waals surface area contributed by atoms with Crippen LogP contribution in [0.5, 0.6) is 11.5 Å². The van der Waals surface area contributed by atoms with E-state index < -0.39 is 34.1 Å². The average Bonchev–Trinajstić information content (AvgIpc) is 1.66. The van der Waals surface area contributed by atoms with Gasteiger partial charge in [-0.25, -0.2) is 19.2 Å². The van der Waals surface area contributed by atoms with Gasteiger partial charge in [-0.15, -0.1) is 0 Å². The maximum atomic E-state index is 13.5. The van der Waals surface area contributed by atoms with E-state index in [0.29, 0.717) is 79.5 Å². The zero-order valence-electron chi connectivity index (χ0n) is 76.8. The largest absolute Gasteiger partial charge is 0.628 e. The van der Waals surface area contributed by atoms with Crippen LogP contribution in [0.2, 0.25) is 0 Å². The first-order chi connectivity index (χ1) is 60.6. The monoisotopic (exact) mass is 1950 g/mol. The molecule has 4 aliphatic carbocycles. The summed E-state index contributed by atoms with van der Waals surface area (Å²) in [4.78, 5) is 103. The van der Waals surface area contributed by atoms with Gasteiger partial charge in [0.25, 0.3) is 23.6 Å². The van der Waals surface area contributed by atoms with Crippen LogP contribution in [-0.2, 0) is 100 Å². The number of carbonyl (C=O) groups is 8. The molecule has 129 heavy (non-hydrogen) atoms. The molecule has 1 aliphatic heterocycles. The van der Waals surface area contributed by atoms with Crippen molar-refractivity contribution in [2.75, 3.05) is 13.2 Å². The van der Waals surface area contributed by atoms with Gasteiger partial charge < -0.3 is 57.7 Å². The number of benzene rings is 9. The number of nitrogens with one attached hydrogen (secondary N) is 4. The molecule has 0 bridgehead atoms. The predicted molar refractivity (Wildman–Crippen MR) is 522 cm³/mol. The van der Waals surface area contributed by atoms with Gasteiger partial charge in [-0.2, -0.15) is 0 Å². The average molecular weight is 1950 g/mol. The standard InChI is InChI=1S/C26H31NO3.C24H29NO3.C24H27NO3.C20H20INO3.C12H15BO2.CH4.CH3.Pd/c1-5-11-19(6-2)23-18(4)12-10-15-22(23)24(28)27-26(25(29)30-7-3)16-20-13-8-9-14-21(20)17-26;2*1-4-9-17(5-2)21-16(3)10-8-13-20(21)22(26)25-24(23(27)28)14-18-11-6-7-12-19(18)15-24;1-3-25-19(24)20(11-14-8-4-5-9-15(14)12-20)22-18(23)16-10-6-7-13(2)17(16)21;1-3-7-10(4-2)13-14-11-8-5-6-9-12(11)15-13;;;/h8-15H,5-7,16-17H2,1-4H3,(H,27,28);6-8,10-13,17H,4-5,9,14-15H2,1-3H3,(H,25,26)(H,27,28);6-13H,4-5,14-15H2,1-3H3,(H,25,26)(H,27,28);4-10H,3,11-12H2,1-2H3,(H,22,23);5-9H,3-4H2,1-2H3;1H4;1H3;/q;;;;;;-1;/b19-11-;;17-9-;;10-7-;;;. The molecule has 1 atom stereocenters. The number of aliphatic carboxylic acids is 2. The normalized spacial score (nSPS) is 14.7. The molecule has 1 heterocycles. The molecule has 0 radical (unpaired) electrons. The minimum absolute atomic E-state index is 0. The molecule has 1 unspecified atom stereocenters. The number of esters is 2. The molecule has 4 amide bonds. The maximum absolute atomic E-state index is 13.5. The van der Waals surface area contributed by atoms with Crippen molar-refractivity contribution in [2.45, 2.75) is 242 Å². The Morgan fingerprint density at radius 2 is 0.705 bits per heavy atom. The number of carbonyl (C=O) groups excluding carboxylic acids is 6. The van der Waals surface area contributed by atoms with Crippen LogP contribution in [0.25, 0.3) is 11.1 Å². The van der Waals surface area contributed by atoms with Gasteiger partial charge in [0, 0.05) is 92.0 Å². The van der Waals surface area contributed by atoms with E-state index in [1.54, 1.807) is 26.0 Å². The number of para-hydroxylation sites is 2. The molecule has 686 valence electrons. The summed E-state index contributed by atoms with van der Waals surface area (Å²) in [6.45, 7) is 29.0. The van der Waals surface area contributed by atoms with E-state index in [0.717, 1.165) is 167 Å². The van der Waals surface area contributed by atoms with E-state index in [4.69, 9.17) is 18.8 Å². The third-order valence-corrected chi connectivity index (χ3v) is 25.8. The van der Waals surface area contributed by atoms with Crippen molar-refractivity contribution in [2.24, 2.45) is 0 Å². The first-order valence-electron chi connectivity index (χ1n) is 44.5. The number of halogens is 1. The second-order valence-corrected chi connectivity index (χ2v) is 34.2. The van der Waals surface area contributed by atoms with E-state index in [1.807, 2.05) is 210 Å². The Morgan fingerprint density at radius 1 is 0.403 bits per heavy atom. The number of hydrogen-bond acceptors (Lipinski definition) is 12. The number of ether oxygens (including phenoxy) is 2. The molecule has 0 spiro atoms. The summed E-state index contributed by atoms with van der Waals surface area (Å²) in [5.41, 5.74) is 16.5. The third kappa shape index (κ3) is 24.8. The van der Waals surface area contributed by atoms with Gasteiger partial charge in [0.15, 0.2) is 0 Å². The van der Waals surface area contributed by atoms with Crippen molar-refractivity contribution >= 4 is 88.4 Å². The van der Waals surface area contributed by atoms with E-state index in [-0.39, 0.29) is 91.2 Å². The van der Waals surface area contributed by atoms with E-state index in [2.05, 4.69) is 117 Å². The molecule has 0 fully saturated rings. The van der Waals surface area contributed by atoms with Crippen molar-refractivity contribution in [3.05, 3.63) is 335 Å². The van der Waals surface area contributed by atoms with Crippen molar-refractivity contribution in [3.8, 4) is 11.5 Å². The van der Waals surface area contributed by atoms with Crippen molar-refractivity contribution in [1.29, 1.82) is 0 Å². The minimum Gasteiger partial charge on any atom is -0.519 e. The van der Waals surface area contributed by atoms with Crippen LogP contribution in [-0.4, -0.2) is 100 Å². The van der Waals surface area contributed by atoms with Crippen LogP contribution in [0, 0.1) is 38.7 Å². The summed E-state index contributed by atoms with van der Waals surface area (Å²) in [7, 11) is -0.215. The van der Waals surface area contributed by atoms with Crippen molar-refractivity contribution in [3.63, 3.8) is 0 Å². The molecule has 0 saturated carbocycles. The smallest absolute Gasteiger partial charge is 0.519 e. The number of fused-ring (bicyclic) bond motifs is 5. The van der Waals surface area contributed by atoms with E-state index in [9.17, 15) is 48.6 Å². The van der Waals surface area contributed by atoms with Gasteiger partial charge in [-0.3, -0.25) is 19.2 Å². The number of amides is 4. The molecule has 0 aromatic heterocycles. The van der Waals surface area contributed by atoms with Gasteiger partial charge in [0.2, 0.25) is 0 Å². The number of carboxylic acid groups (broad SMARTS) is 2. The Kier molecular flexibility index (Phi) is 39.6. The van der Waals surface area contributed by atoms with Gasteiger partial charge >= 0.3 is 31.0 Å². The van der Waals surface area contributed by atoms with Gasteiger partial charge in [0.05, 0.1) is 18.8 Å². The fraction of sp³-hybridized carbons (Fsp3) is 0.361.